The van der Waals surface area contributed by atoms with Crippen LogP contribution in [-0.2, 0) is 9.59 Å². The number of benzene rings is 1. The van der Waals surface area contributed by atoms with E-state index in [1.165, 1.54) is 0 Å². The highest BCUT2D eigenvalue weighted by molar-refractivity contribution is 6.22. The van der Waals surface area contributed by atoms with Crippen LogP contribution in [0.2, 0.25) is 0 Å². The van der Waals surface area contributed by atoms with Crippen LogP contribution >= 0.6 is 0 Å². The molecular formula is C15H13NO3. The van der Waals surface area contributed by atoms with Crippen molar-refractivity contribution in [2.75, 3.05) is 0 Å². The lowest BCUT2D eigenvalue weighted by molar-refractivity contribution is -0.124. The molecule has 3 rings (SSSR count). The lowest BCUT2D eigenvalue weighted by Gasteiger charge is -2.20. The predicted octanol–water partition coefficient (Wildman–Crippen LogP) is 2.63. The molecular weight excluding hydrogens is 242 g/mol. The fourth-order valence-corrected chi connectivity index (χ4v) is 2.69. The fraction of sp³-hybridized carbons (Fsp3) is 0.200. The summed E-state index contributed by atoms with van der Waals surface area (Å²) in [5, 5.41) is 9.96. The van der Waals surface area contributed by atoms with Gasteiger partial charge in [0.25, 0.3) is 0 Å². The molecule has 4 nitrogen and oxygen atoms in total. The maximum Gasteiger partial charge on any atom is 0.170 e. The summed E-state index contributed by atoms with van der Waals surface area (Å²) >= 11 is 0. The molecule has 1 heterocycles. The number of aromatic amines is 1. The first-order valence-corrected chi connectivity index (χ1v) is 6.17. The third-order valence-corrected chi connectivity index (χ3v) is 3.65. The summed E-state index contributed by atoms with van der Waals surface area (Å²) in [6.07, 6.45) is 3.03. The molecule has 1 aliphatic rings. The first-order chi connectivity index (χ1) is 9.20. The summed E-state index contributed by atoms with van der Waals surface area (Å²) in [6, 6.07) is 7.81. The van der Waals surface area contributed by atoms with E-state index in [1.54, 1.807) is 0 Å². The van der Waals surface area contributed by atoms with Crippen molar-refractivity contribution >= 4 is 22.5 Å². The van der Waals surface area contributed by atoms with Gasteiger partial charge in [0.1, 0.15) is 0 Å². The Hall–Kier alpha value is -2.36. The van der Waals surface area contributed by atoms with E-state index < -0.39 is 0 Å². The van der Waals surface area contributed by atoms with Gasteiger partial charge in [0, 0.05) is 35.9 Å². The van der Waals surface area contributed by atoms with Crippen LogP contribution in [0, 0.1) is 0 Å². The van der Waals surface area contributed by atoms with E-state index in [2.05, 4.69) is 4.98 Å². The van der Waals surface area contributed by atoms with E-state index in [1.807, 2.05) is 30.5 Å². The normalized spacial score (nSPS) is 20.0. The zero-order valence-corrected chi connectivity index (χ0v) is 10.2. The lowest BCUT2D eigenvalue weighted by Crippen LogP contribution is -2.24. The maximum atomic E-state index is 11.8. The van der Waals surface area contributed by atoms with Crippen LogP contribution < -0.4 is 0 Å². The number of aliphatic hydroxyl groups excluding tert-OH is 1. The first-order valence-electron chi connectivity index (χ1n) is 6.17. The van der Waals surface area contributed by atoms with Crippen LogP contribution in [0.4, 0.5) is 0 Å². The number of rotatable bonds is 1. The molecule has 19 heavy (non-hydrogen) atoms. The molecule has 4 heteroatoms. The summed E-state index contributed by atoms with van der Waals surface area (Å²) in [7, 11) is 0. The fourth-order valence-electron chi connectivity index (χ4n) is 2.69. The van der Waals surface area contributed by atoms with Crippen molar-refractivity contribution in [1.29, 1.82) is 0 Å². The number of fused-ring (bicyclic) bond motifs is 1. The molecule has 96 valence electrons. The Bertz CT molecular complexity index is 676. The Labute approximate surface area is 109 Å². The summed E-state index contributed by atoms with van der Waals surface area (Å²) < 4.78 is 0. The minimum absolute atomic E-state index is 0.0731. The zero-order valence-electron chi connectivity index (χ0n) is 10.2. The van der Waals surface area contributed by atoms with Crippen LogP contribution in [0.1, 0.15) is 24.3 Å². The summed E-state index contributed by atoms with van der Waals surface area (Å²) in [6.45, 7) is 0. The van der Waals surface area contributed by atoms with Crippen molar-refractivity contribution in [3.05, 3.63) is 47.9 Å². The Morgan fingerprint density at radius 3 is 2.53 bits per heavy atom. The lowest BCUT2D eigenvalue weighted by atomic mass is 9.80. The number of nitrogens with one attached hydrogen (secondary N) is 1. The van der Waals surface area contributed by atoms with Crippen molar-refractivity contribution in [3.8, 4) is 0 Å². The molecule has 0 bridgehead atoms. The van der Waals surface area contributed by atoms with E-state index in [4.69, 9.17) is 5.11 Å². The zero-order chi connectivity index (χ0) is 13.4. The standard InChI is InChI=1S/C15H13NO3/c17-8-12-14(18)5-9(6-15(12)19)11-7-16-13-4-2-1-3-10(11)13/h1-4,7-9,16-17H,5-6H2. The van der Waals surface area contributed by atoms with Gasteiger partial charge in [-0.1, -0.05) is 18.2 Å². The minimum Gasteiger partial charge on any atom is -0.515 e. The number of H-pyrrole nitrogens is 1. The van der Waals surface area contributed by atoms with Crippen LogP contribution in [0.25, 0.3) is 10.9 Å². The van der Waals surface area contributed by atoms with Gasteiger partial charge in [-0.05, 0) is 11.6 Å². The number of hydrogen-bond acceptors (Lipinski definition) is 3. The maximum absolute atomic E-state index is 11.8. The molecule has 1 saturated carbocycles. The molecule has 2 N–H and O–H groups in total. The Kier molecular flexibility index (Phi) is 2.71. The highest BCUT2D eigenvalue weighted by atomic mass is 16.2. The highest BCUT2D eigenvalue weighted by Crippen LogP contribution is 2.35. The van der Waals surface area contributed by atoms with Gasteiger partial charge in [-0.25, -0.2) is 0 Å². The van der Waals surface area contributed by atoms with Crippen LogP contribution in [0.15, 0.2) is 42.3 Å². The molecule has 1 fully saturated rings. The van der Waals surface area contributed by atoms with E-state index in [-0.39, 0.29) is 35.9 Å². The first kappa shape index (κ1) is 11.7. The monoisotopic (exact) mass is 255 g/mol. The summed E-state index contributed by atoms with van der Waals surface area (Å²) in [5.74, 6) is -0.678. The average molecular weight is 255 g/mol. The summed E-state index contributed by atoms with van der Waals surface area (Å²) in [4.78, 5) is 26.8. The number of para-hydroxylation sites is 1. The third-order valence-electron chi connectivity index (χ3n) is 3.65. The second kappa shape index (κ2) is 4.39. The SMILES string of the molecule is O=C1CC(c2c[nH]c3ccccc23)CC(=O)C1=CO. The number of aliphatic hydroxyl groups is 1. The quantitative estimate of drug-likeness (QED) is 0.467. The topological polar surface area (TPSA) is 70.2 Å². The smallest absolute Gasteiger partial charge is 0.170 e. The number of hydrogen-bond donors (Lipinski definition) is 2. The largest absolute Gasteiger partial charge is 0.515 e. The van der Waals surface area contributed by atoms with E-state index in [9.17, 15) is 9.59 Å². The van der Waals surface area contributed by atoms with Crippen LogP contribution in [0.3, 0.4) is 0 Å². The number of carbonyl (C=O) groups is 2. The van der Waals surface area contributed by atoms with Gasteiger partial charge in [-0.2, -0.15) is 0 Å². The molecule has 0 saturated heterocycles. The van der Waals surface area contributed by atoms with Crippen molar-refractivity contribution < 1.29 is 14.7 Å². The highest BCUT2D eigenvalue weighted by Gasteiger charge is 2.32. The molecule has 0 radical (unpaired) electrons. The Morgan fingerprint density at radius 2 is 1.84 bits per heavy atom. The molecule has 2 aromatic rings. The van der Waals surface area contributed by atoms with Gasteiger partial charge in [0.2, 0.25) is 0 Å². The molecule has 0 aliphatic heterocycles. The van der Waals surface area contributed by atoms with Gasteiger partial charge in [-0.15, -0.1) is 0 Å². The molecule has 1 aromatic carbocycles. The van der Waals surface area contributed by atoms with Crippen molar-refractivity contribution in [2.45, 2.75) is 18.8 Å². The number of aromatic nitrogens is 1. The van der Waals surface area contributed by atoms with Gasteiger partial charge in [-0.3, -0.25) is 9.59 Å². The van der Waals surface area contributed by atoms with Gasteiger partial charge in [0.15, 0.2) is 11.6 Å². The number of allylic oxidation sites excluding steroid dienone is 1. The number of carbonyl (C=O) groups excluding carboxylic acids is 2. The molecule has 0 atom stereocenters. The van der Waals surface area contributed by atoms with Crippen LogP contribution in [0.5, 0.6) is 0 Å². The van der Waals surface area contributed by atoms with E-state index in [0.717, 1.165) is 16.5 Å². The van der Waals surface area contributed by atoms with E-state index in [0.29, 0.717) is 6.26 Å². The number of ketones is 2. The molecule has 0 amide bonds. The van der Waals surface area contributed by atoms with Gasteiger partial charge >= 0.3 is 0 Å². The van der Waals surface area contributed by atoms with Crippen molar-refractivity contribution in [1.82, 2.24) is 4.98 Å². The summed E-state index contributed by atoms with van der Waals surface area (Å²) in [5.41, 5.74) is 1.92. The Balaban J connectivity index is 2.00. The predicted molar refractivity (Wildman–Crippen MR) is 71.0 cm³/mol. The van der Waals surface area contributed by atoms with Gasteiger partial charge < -0.3 is 10.1 Å². The van der Waals surface area contributed by atoms with Crippen molar-refractivity contribution in [2.24, 2.45) is 0 Å². The average Bonchev–Trinajstić information content (AvgIpc) is 2.82. The third kappa shape index (κ3) is 1.85. The molecule has 1 aliphatic carbocycles. The second-order valence-corrected chi connectivity index (χ2v) is 4.78. The Morgan fingerprint density at radius 1 is 1.16 bits per heavy atom. The van der Waals surface area contributed by atoms with Crippen LogP contribution in [-0.4, -0.2) is 21.7 Å². The van der Waals surface area contributed by atoms with E-state index >= 15 is 0 Å². The minimum atomic E-state index is -0.283. The molecule has 0 unspecified atom stereocenters. The van der Waals surface area contributed by atoms with Crippen molar-refractivity contribution in [3.63, 3.8) is 0 Å². The second-order valence-electron chi connectivity index (χ2n) is 4.78. The molecule has 0 spiro atoms. The number of Topliss-reactive ketones (excluding diaryl/α,β-unsaturated/α-hetero) is 2. The van der Waals surface area contributed by atoms with Gasteiger partial charge in [0.05, 0.1) is 11.8 Å². The molecule has 1 aromatic heterocycles.